The maximum atomic E-state index is 5.35. The van der Waals surface area contributed by atoms with Crippen molar-refractivity contribution in [1.29, 1.82) is 0 Å². The van der Waals surface area contributed by atoms with E-state index in [1.165, 1.54) is 33.8 Å². The standard InChI is InChI=1S/C30H45N3/c1-27(2,3)19-17-22(29(7,8)9)31-25(19)24(21-15-14-16-33(21)13)26-20(28(4,5)6)18-23(32-26)30(10,11)12/h14-18,31H,1-13H3. The summed E-state index contributed by atoms with van der Waals surface area (Å²) in [5, 5.41) is 0. The van der Waals surface area contributed by atoms with Crippen molar-refractivity contribution in [2.24, 2.45) is 22.9 Å². The van der Waals surface area contributed by atoms with Gasteiger partial charge in [-0.05, 0) is 46.2 Å². The van der Waals surface area contributed by atoms with E-state index in [0.29, 0.717) is 0 Å². The molecular formula is C30H45N3. The van der Waals surface area contributed by atoms with Crippen LogP contribution in [-0.4, -0.2) is 15.3 Å². The molecule has 3 heterocycles. The van der Waals surface area contributed by atoms with E-state index in [2.05, 4.69) is 130 Å². The Morgan fingerprint density at radius 3 is 1.85 bits per heavy atom. The van der Waals surface area contributed by atoms with E-state index in [1.807, 2.05) is 0 Å². The molecule has 0 fully saturated rings. The van der Waals surface area contributed by atoms with Gasteiger partial charge in [-0.3, -0.25) is 4.99 Å². The van der Waals surface area contributed by atoms with Crippen LogP contribution in [0.2, 0.25) is 0 Å². The van der Waals surface area contributed by atoms with Crippen molar-refractivity contribution in [3.05, 3.63) is 64.4 Å². The van der Waals surface area contributed by atoms with E-state index in [9.17, 15) is 0 Å². The first-order valence-corrected chi connectivity index (χ1v) is 12.2. The van der Waals surface area contributed by atoms with Crippen LogP contribution in [0.15, 0.2) is 46.7 Å². The van der Waals surface area contributed by atoms with Gasteiger partial charge in [0.2, 0.25) is 0 Å². The minimum Gasteiger partial charge on any atom is -0.358 e. The normalized spacial score (nSPS) is 17.4. The lowest BCUT2D eigenvalue weighted by molar-refractivity contribution is 0.512. The highest BCUT2D eigenvalue weighted by Crippen LogP contribution is 2.45. The molecule has 3 heteroatoms. The summed E-state index contributed by atoms with van der Waals surface area (Å²) in [4.78, 5) is 9.22. The molecule has 0 unspecified atom stereocenters. The molecule has 2 aromatic rings. The van der Waals surface area contributed by atoms with Crippen LogP contribution in [0.1, 0.15) is 106 Å². The summed E-state index contributed by atoms with van der Waals surface area (Å²) in [6, 6.07) is 6.73. The van der Waals surface area contributed by atoms with Crippen molar-refractivity contribution in [2.75, 3.05) is 0 Å². The lowest BCUT2D eigenvalue weighted by atomic mass is 9.79. The van der Waals surface area contributed by atoms with Gasteiger partial charge in [0, 0.05) is 41.1 Å². The second-order valence-electron chi connectivity index (χ2n) is 13.8. The Morgan fingerprint density at radius 2 is 1.42 bits per heavy atom. The first-order valence-electron chi connectivity index (χ1n) is 12.2. The maximum Gasteiger partial charge on any atom is 0.0785 e. The van der Waals surface area contributed by atoms with Gasteiger partial charge >= 0.3 is 0 Å². The van der Waals surface area contributed by atoms with Crippen molar-refractivity contribution < 1.29 is 0 Å². The number of H-pyrrole nitrogens is 1. The number of aromatic nitrogens is 2. The zero-order valence-electron chi connectivity index (χ0n) is 23.3. The summed E-state index contributed by atoms with van der Waals surface area (Å²) in [6.45, 7) is 27.4. The van der Waals surface area contributed by atoms with Crippen molar-refractivity contribution >= 4 is 11.3 Å². The van der Waals surface area contributed by atoms with Crippen LogP contribution in [0.25, 0.3) is 5.57 Å². The molecule has 180 valence electrons. The van der Waals surface area contributed by atoms with Crippen LogP contribution in [0, 0.1) is 10.8 Å². The fourth-order valence-electron chi connectivity index (χ4n) is 4.30. The fourth-order valence-corrected chi connectivity index (χ4v) is 4.30. The summed E-state index contributed by atoms with van der Waals surface area (Å²) in [6.07, 6.45) is 4.47. The highest BCUT2D eigenvalue weighted by atomic mass is 14.9. The SMILES string of the molecule is Cn1cccc1C(=C1N=C(C(C)(C)C)C=C1C(C)(C)C)c1[nH]c(C(C)(C)C)cc1C(C)(C)C. The predicted octanol–water partition coefficient (Wildman–Crippen LogP) is 8.18. The van der Waals surface area contributed by atoms with Gasteiger partial charge < -0.3 is 9.55 Å². The molecule has 0 spiro atoms. The second-order valence-corrected chi connectivity index (χ2v) is 13.8. The van der Waals surface area contributed by atoms with Crippen LogP contribution in [0.3, 0.4) is 0 Å². The Hall–Kier alpha value is -2.29. The molecule has 0 radical (unpaired) electrons. The molecule has 33 heavy (non-hydrogen) atoms. The lowest BCUT2D eigenvalue weighted by Gasteiger charge is -2.25. The number of aromatic amines is 1. The number of allylic oxidation sites excluding steroid dienone is 2. The molecule has 3 nitrogen and oxygen atoms in total. The zero-order valence-corrected chi connectivity index (χ0v) is 23.3. The highest BCUT2D eigenvalue weighted by Gasteiger charge is 2.35. The molecule has 0 saturated carbocycles. The number of rotatable bonds is 2. The van der Waals surface area contributed by atoms with Gasteiger partial charge in [-0.1, -0.05) is 83.1 Å². The summed E-state index contributed by atoms with van der Waals surface area (Å²) >= 11 is 0. The second kappa shape index (κ2) is 7.89. The van der Waals surface area contributed by atoms with Gasteiger partial charge in [0.1, 0.15) is 0 Å². The van der Waals surface area contributed by atoms with Crippen molar-refractivity contribution in [2.45, 2.75) is 93.9 Å². The molecule has 0 saturated heterocycles. The molecule has 0 amide bonds. The average Bonchev–Trinajstić information content (AvgIpc) is 3.32. The van der Waals surface area contributed by atoms with Gasteiger partial charge in [-0.25, -0.2) is 0 Å². The minimum absolute atomic E-state index is 0.00685. The van der Waals surface area contributed by atoms with Crippen LogP contribution >= 0.6 is 0 Å². The third-order valence-corrected chi connectivity index (χ3v) is 6.47. The molecule has 0 atom stereocenters. The topological polar surface area (TPSA) is 33.1 Å². The smallest absolute Gasteiger partial charge is 0.0785 e. The zero-order chi connectivity index (χ0) is 25.1. The highest BCUT2D eigenvalue weighted by molar-refractivity contribution is 6.05. The van der Waals surface area contributed by atoms with Crippen molar-refractivity contribution in [1.82, 2.24) is 9.55 Å². The maximum absolute atomic E-state index is 5.35. The Labute approximate surface area is 202 Å². The third-order valence-electron chi connectivity index (χ3n) is 6.47. The summed E-state index contributed by atoms with van der Waals surface area (Å²) in [5.74, 6) is 0. The summed E-state index contributed by atoms with van der Waals surface area (Å²) in [7, 11) is 2.13. The van der Waals surface area contributed by atoms with E-state index < -0.39 is 0 Å². The number of aryl methyl sites for hydroxylation is 1. The average molecular weight is 448 g/mol. The molecule has 0 aliphatic carbocycles. The molecule has 0 bridgehead atoms. The number of hydrogen-bond acceptors (Lipinski definition) is 1. The molecule has 1 aliphatic rings. The van der Waals surface area contributed by atoms with E-state index in [0.717, 1.165) is 11.4 Å². The third kappa shape index (κ3) is 4.98. The van der Waals surface area contributed by atoms with E-state index in [4.69, 9.17) is 4.99 Å². The fraction of sp³-hybridized carbons (Fsp3) is 0.567. The van der Waals surface area contributed by atoms with Crippen molar-refractivity contribution in [3.63, 3.8) is 0 Å². The molecular weight excluding hydrogens is 402 g/mol. The Kier molecular flexibility index (Phi) is 6.06. The first kappa shape index (κ1) is 25.3. The van der Waals surface area contributed by atoms with Gasteiger partial charge in [0.05, 0.1) is 17.1 Å². The Morgan fingerprint density at radius 1 is 0.818 bits per heavy atom. The van der Waals surface area contributed by atoms with Crippen LogP contribution < -0.4 is 0 Å². The molecule has 1 N–H and O–H groups in total. The first-order chi connectivity index (χ1) is 14.8. The molecule has 3 rings (SSSR count). The number of nitrogens with one attached hydrogen (secondary N) is 1. The predicted molar refractivity (Wildman–Crippen MR) is 144 cm³/mol. The van der Waals surface area contributed by atoms with Gasteiger partial charge in [-0.15, -0.1) is 0 Å². The largest absolute Gasteiger partial charge is 0.358 e. The van der Waals surface area contributed by atoms with E-state index >= 15 is 0 Å². The number of nitrogens with zero attached hydrogens (tertiary/aromatic N) is 2. The van der Waals surface area contributed by atoms with Gasteiger partial charge in [0.25, 0.3) is 0 Å². The summed E-state index contributed by atoms with van der Waals surface area (Å²) < 4.78 is 2.22. The Balaban J connectivity index is 2.50. The van der Waals surface area contributed by atoms with E-state index in [1.54, 1.807) is 0 Å². The van der Waals surface area contributed by atoms with E-state index in [-0.39, 0.29) is 21.7 Å². The number of aliphatic imine (C=N–C) groups is 1. The molecule has 2 aromatic heterocycles. The summed E-state index contributed by atoms with van der Waals surface area (Å²) in [5.41, 5.74) is 9.70. The van der Waals surface area contributed by atoms with Gasteiger partial charge in [-0.2, -0.15) is 0 Å². The van der Waals surface area contributed by atoms with Crippen LogP contribution in [0.4, 0.5) is 0 Å². The van der Waals surface area contributed by atoms with Gasteiger partial charge in [0.15, 0.2) is 0 Å². The quantitative estimate of drug-likeness (QED) is 0.481. The van der Waals surface area contributed by atoms with Crippen molar-refractivity contribution in [3.8, 4) is 0 Å². The van der Waals surface area contributed by atoms with Crippen LogP contribution in [-0.2, 0) is 17.9 Å². The molecule has 0 aromatic carbocycles. The minimum atomic E-state index is -0.0242. The molecule has 1 aliphatic heterocycles. The van der Waals surface area contributed by atoms with Crippen LogP contribution in [0.5, 0.6) is 0 Å². The lowest BCUT2D eigenvalue weighted by Crippen LogP contribution is -2.17. The number of hydrogen-bond donors (Lipinski definition) is 1. The monoisotopic (exact) mass is 447 g/mol. The Bertz CT molecular complexity index is 1130.